The molecule has 5 nitrogen and oxygen atoms in total. The number of piperidine rings is 1. The van der Waals surface area contributed by atoms with Crippen LogP contribution in [0.5, 0.6) is 0 Å². The van der Waals surface area contributed by atoms with Crippen molar-refractivity contribution < 1.29 is 0 Å². The first-order valence-corrected chi connectivity index (χ1v) is 7.79. The van der Waals surface area contributed by atoms with Gasteiger partial charge in [0.25, 0.3) is 0 Å². The lowest BCUT2D eigenvalue weighted by Crippen LogP contribution is -2.36. The Hall–Kier alpha value is -1.23. The molecule has 1 fully saturated rings. The Balaban J connectivity index is 1.88. The fourth-order valence-electron chi connectivity index (χ4n) is 2.73. The average Bonchev–Trinajstić information content (AvgIpc) is 2.69. The van der Waals surface area contributed by atoms with E-state index in [0.717, 1.165) is 36.2 Å². The number of rotatable bonds is 5. The number of hydrogen-bond donors (Lipinski definition) is 2. The lowest BCUT2D eigenvalue weighted by Gasteiger charge is -2.30. The summed E-state index contributed by atoms with van der Waals surface area (Å²) in [5.74, 6) is 1.86. The summed E-state index contributed by atoms with van der Waals surface area (Å²) >= 11 is 0. The molecule has 0 amide bonds. The Labute approximate surface area is 122 Å². The van der Waals surface area contributed by atoms with Crippen LogP contribution in [-0.4, -0.2) is 40.9 Å². The molecular formula is C15H29N5. The van der Waals surface area contributed by atoms with Crippen LogP contribution in [0.25, 0.3) is 0 Å². The molecule has 3 N–H and O–H groups in total. The van der Waals surface area contributed by atoms with Crippen LogP contribution in [0, 0.1) is 12.8 Å². The Bertz CT molecular complexity index is 430. The highest BCUT2D eigenvalue weighted by Gasteiger charge is 2.17. The van der Waals surface area contributed by atoms with Gasteiger partial charge in [-0.05, 0) is 52.6 Å². The van der Waals surface area contributed by atoms with Crippen molar-refractivity contribution >= 4 is 11.5 Å². The number of nitrogen functional groups attached to an aromatic ring is 1. The third-order valence-corrected chi connectivity index (χ3v) is 4.22. The number of hydrogen-bond acceptors (Lipinski definition) is 4. The fraction of sp³-hybridized carbons (Fsp3) is 0.800. The fourth-order valence-corrected chi connectivity index (χ4v) is 2.73. The van der Waals surface area contributed by atoms with Gasteiger partial charge in [0.05, 0.1) is 11.4 Å². The average molecular weight is 279 g/mol. The molecule has 2 rings (SSSR count). The molecule has 1 aromatic rings. The van der Waals surface area contributed by atoms with E-state index in [1.807, 2.05) is 11.6 Å². The smallest absolute Gasteiger partial charge is 0.148 e. The van der Waals surface area contributed by atoms with E-state index < -0.39 is 0 Å². The number of anilines is 2. The van der Waals surface area contributed by atoms with E-state index in [-0.39, 0.29) is 0 Å². The largest absolute Gasteiger partial charge is 0.394 e. The summed E-state index contributed by atoms with van der Waals surface area (Å²) in [6, 6.07) is 0.323. The Morgan fingerprint density at radius 2 is 2.00 bits per heavy atom. The van der Waals surface area contributed by atoms with E-state index in [0.29, 0.717) is 6.04 Å². The van der Waals surface area contributed by atoms with Crippen LogP contribution >= 0.6 is 0 Å². The van der Waals surface area contributed by atoms with Crippen LogP contribution in [0.4, 0.5) is 11.5 Å². The summed E-state index contributed by atoms with van der Waals surface area (Å²) in [4.78, 5) is 2.53. The molecule has 0 saturated carbocycles. The minimum Gasteiger partial charge on any atom is -0.394 e. The van der Waals surface area contributed by atoms with Gasteiger partial charge in [0.2, 0.25) is 0 Å². The van der Waals surface area contributed by atoms with Gasteiger partial charge in [-0.3, -0.25) is 0 Å². The van der Waals surface area contributed by atoms with E-state index >= 15 is 0 Å². The number of aromatic nitrogens is 2. The molecule has 0 radical (unpaired) electrons. The van der Waals surface area contributed by atoms with Crippen molar-refractivity contribution in [2.45, 2.75) is 46.6 Å². The van der Waals surface area contributed by atoms with Gasteiger partial charge in [0.15, 0.2) is 0 Å². The summed E-state index contributed by atoms with van der Waals surface area (Å²) in [6.07, 6.45) is 2.65. The van der Waals surface area contributed by atoms with Gasteiger partial charge in [-0.1, -0.05) is 6.92 Å². The SMILES string of the molecule is Cc1nn(C(C)C)c(NCCN2CCC(C)CC2)c1N. The quantitative estimate of drug-likeness (QED) is 0.869. The second-order valence-corrected chi connectivity index (χ2v) is 6.34. The lowest BCUT2D eigenvalue weighted by molar-refractivity contribution is 0.199. The molecule has 0 unspecified atom stereocenters. The summed E-state index contributed by atoms with van der Waals surface area (Å²) in [6.45, 7) is 13.0. The standard InChI is InChI=1S/C15H29N5/c1-11(2)20-15(14(16)13(4)18-20)17-7-10-19-8-5-12(3)6-9-19/h11-12,17H,5-10,16H2,1-4H3. The van der Waals surface area contributed by atoms with Crippen molar-refractivity contribution in [2.75, 3.05) is 37.2 Å². The van der Waals surface area contributed by atoms with Gasteiger partial charge in [-0.2, -0.15) is 5.10 Å². The van der Waals surface area contributed by atoms with E-state index in [9.17, 15) is 0 Å². The predicted molar refractivity (Wildman–Crippen MR) is 85.1 cm³/mol. The molecule has 2 heterocycles. The first-order valence-electron chi connectivity index (χ1n) is 7.79. The third-order valence-electron chi connectivity index (χ3n) is 4.22. The van der Waals surface area contributed by atoms with Gasteiger partial charge < -0.3 is 16.0 Å². The zero-order valence-electron chi connectivity index (χ0n) is 13.3. The van der Waals surface area contributed by atoms with Gasteiger partial charge in [-0.25, -0.2) is 4.68 Å². The number of nitrogens with two attached hydrogens (primary N) is 1. The highest BCUT2D eigenvalue weighted by Crippen LogP contribution is 2.25. The second kappa shape index (κ2) is 6.48. The van der Waals surface area contributed by atoms with Gasteiger partial charge >= 0.3 is 0 Å². The summed E-state index contributed by atoms with van der Waals surface area (Å²) in [5, 5.41) is 7.98. The van der Waals surface area contributed by atoms with Crippen molar-refractivity contribution in [3.63, 3.8) is 0 Å². The monoisotopic (exact) mass is 279 g/mol. The van der Waals surface area contributed by atoms with Gasteiger partial charge in [0.1, 0.15) is 5.82 Å². The minimum absolute atomic E-state index is 0.323. The van der Waals surface area contributed by atoms with E-state index in [1.165, 1.54) is 25.9 Å². The van der Waals surface area contributed by atoms with Crippen molar-refractivity contribution in [1.29, 1.82) is 0 Å². The molecule has 0 bridgehead atoms. The highest BCUT2D eigenvalue weighted by molar-refractivity contribution is 5.64. The van der Waals surface area contributed by atoms with Crippen LogP contribution < -0.4 is 11.1 Å². The van der Waals surface area contributed by atoms with E-state index in [1.54, 1.807) is 0 Å². The first-order chi connectivity index (χ1) is 9.49. The molecule has 0 atom stereocenters. The molecule has 114 valence electrons. The molecule has 20 heavy (non-hydrogen) atoms. The molecule has 1 aliphatic heterocycles. The van der Waals surface area contributed by atoms with Crippen LogP contribution in [-0.2, 0) is 0 Å². The zero-order valence-corrected chi connectivity index (χ0v) is 13.3. The molecule has 0 aliphatic carbocycles. The molecule has 0 aromatic carbocycles. The van der Waals surface area contributed by atoms with Crippen LogP contribution in [0.15, 0.2) is 0 Å². The zero-order chi connectivity index (χ0) is 14.7. The van der Waals surface area contributed by atoms with Crippen molar-refractivity contribution in [3.8, 4) is 0 Å². The molecule has 1 aliphatic rings. The summed E-state index contributed by atoms with van der Waals surface area (Å²) in [5.41, 5.74) is 7.81. The summed E-state index contributed by atoms with van der Waals surface area (Å²) < 4.78 is 1.99. The molecule has 5 heteroatoms. The predicted octanol–water partition coefficient (Wildman–Crippen LogP) is 2.50. The topological polar surface area (TPSA) is 59.1 Å². The number of nitrogens with zero attached hydrogens (tertiary/aromatic N) is 3. The van der Waals surface area contributed by atoms with Crippen LogP contribution in [0.1, 0.15) is 45.3 Å². The lowest BCUT2D eigenvalue weighted by atomic mass is 9.99. The molecule has 1 aromatic heterocycles. The minimum atomic E-state index is 0.323. The summed E-state index contributed by atoms with van der Waals surface area (Å²) in [7, 11) is 0. The molecular weight excluding hydrogens is 250 g/mol. The normalized spacial score (nSPS) is 17.9. The van der Waals surface area contributed by atoms with Crippen molar-refractivity contribution in [2.24, 2.45) is 5.92 Å². The highest BCUT2D eigenvalue weighted by atomic mass is 15.4. The number of likely N-dealkylation sites (tertiary alicyclic amines) is 1. The first kappa shape index (κ1) is 15.2. The maximum absolute atomic E-state index is 6.12. The molecule has 0 spiro atoms. The van der Waals surface area contributed by atoms with Gasteiger partial charge in [-0.15, -0.1) is 0 Å². The Morgan fingerprint density at radius 3 is 2.60 bits per heavy atom. The van der Waals surface area contributed by atoms with E-state index in [4.69, 9.17) is 5.73 Å². The maximum Gasteiger partial charge on any atom is 0.148 e. The maximum atomic E-state index is 6.12. The van der Waals surface area contributed by atoms with E-state index in [2.05, 4.69) is 36.1 Å². The number of nitrogens with one attached hydrogen (secondary N) is 1. The van der Waals surface area contributed by atoms with Crippen LogP contribution in [0.3, 0.4) is 0 Å². The van der Waals surface area contributed by atoms with Crippen molar-refractivity contribution in [1.82, 2.24) is 14.7 Å². The Morgan fingerprint density at radius 1 is 1.35 bits per heavy atom. The second-order valence-electron chi connectivity index (χ2n) is 6.34. The Kier molecular flexibility index (Phi) is 4.91. The van der Waals surface area contributed by atoms with Crippen LogP contribution in [0.2, 0.25) is 0 Å². The molecule has 1 saturated heterocycles. The number of aryl methyl sites for hydroxylation is 1. The third kappa shape index (κ3) is 3.45. The van der Waals surface area contributed by atoms with Gasteiger partial charge in [0, 0.05) is 19.1 Å². The van der Waals surface area contributed by atoms with Crippen molar-refractivity contribution in [3.05, 3.63) is 5.69 Å².